The molecule has 1 aliphatic heterocycles. The van der Waals surface area contributed by atoms with Gasteiger partial charge in [-0.15, -0.1) is 0 Å². The molecule has 1 saturated heterocycles. The molecule has 76 valence electrons. The van der Waals surface area contributed by atoms with Gasteiger partial charge in [0, 0.05) is 12.1 Å². The van der Waals surface area contributed by atoms with Crippen molar-refractivity contribution in [3.05, 3.63) is 18.2 Å². The molecule has 3 nitrogen and oxygen atoms in total. The quantitative estimate of drug-likeness (QED) is 0.738. The lowest BCUT2D eigenvalue weighted by atomic mass is 10.2. The monoisotopic (exact) mass is 191 g/mol. The smallest absolute Gasteiger partial charge is 0.131 e. The molecule has 0 aromatic carbocycles. The second kappa shape index (κ2) is 3.48. The van der Waals surface area contributed by atoms with Crippen molar-refractivity contribution in [2.45, 2.75) is 38.8 Å². The van der Waals surface area contributed by atoms with Crippen molar-refractivity contribution < 1.29 is 0 Å². The minimum atomic E-state index is 0.583. The summed E-state index contributed by atoms with van der Waals surface area (Å²) in [4.78, 5) is 6.72. The van der Waals surface area contributed by atoms with Crippen molar-refractivity contribution in [3.63, 3.8) is 0 Å². The van der Waals surface area contributed by atoms with E-state index >= 15 is 0 Å². The largest absolute Gasteiger partial charge is 0.384 e. The highest BCUT2D eigenvalue weighted by atomic mass is 15.3. The van der Waals surface area contributed by atoms with Gasteiger partial charge in [-0.1, -0.05) is 6.07 Å². The summed E-state index contributed by atoms with van der Waals surface area (Å²) in [5, 5.41) is 0. The summed E-state index contributed by atoms with van der Waals surface area (Å²) in [5.74, 6) is 1.62. The van der Waals surface area contributed by atoms with Crippen LogP contribution in [-0.4, -0.2) is 17.1 Å². The number of rotatable bonds is 1. The van der Waals surface area contributed by atoms with Crippen LogP contribution in [0.5, 0.6) is 0 Å². The Morgan fingerprint density at radius 1 is 1.29 bits per heavy atom. The highest BCUT2D eigenvalue weighted by Gasteiger charge is 2.27. The lowest BCUT2D eigenvalue weighted by Crippen LogP contribution is -2.33. The number of hydrogen-bond donors (Lipinski definition) is 1. The summed E-state index contributed by atoms with van der Waals surface area (Å²) in [6.07, 6.45) is 2.50. The lowest BCUT2D eigenvalue weighted by molar-refractivity contribution is 0.684. The van der Waals surface area contributed by atoms with E-state index in [1.165, 1.54) is 12.8 Å². The third-order valence-electron chi connectivity index (χ3n) is 2.97. The summed E-state index contributed by atoms with van der Waals surface area (Å²) in [7, 11) is 0. The van der Waals surface area contributed by atoms with E-state index in [1.807, 2.05) is 18.2 Å². The van der Waals surface area contributed by atoms with Gasteiger partial charge in [0.2, 0.25) is 0 Å². The second-order valence-corrected chi connectivity index (χ2v) is 4.10. The molecule has 1 aromatic heterocycles. The second-order valence-electron chi connectivity index (χ2n) is 4.10. The Kier molecular flexibility index (Phi) is 2.32. The Bertz CT molecular complexity index is 314. The summed E-state index contributed by atoms with van der Waals surface area (Å²) in [6, 6.07) is 7.00. The van der Waals surface area contributed by atoms with E-state index in [-0.39, 0.29) is 0 Å². The Morgan fingerprint density at radius 2 is 1.93 bits per heavy atom. The predicted molar refractivity (Wildman–Crippen MR) is 59.3 cm³/mol. The molecular formula is C11H17N3. The predicted octanol–water partition coefficient (Wildman–Crippen LogP) is 2.04. The first-order valence-corrected chi connectivity index (χ1v) is 5.19. The molecular weight excluding hydrogens is 174 g/mol. The van der Waals surface area contributed by atoms with E-state index in [0.29, 0.717) is 17.9 Å². The van der Waals surface area contributed by atoms with Crippen LogP contribution < -0.4 is 10.6 Å². The van der Waals surface area contributed by atoms with Crippen molar-refractivity contribution in [3.8, 4) is 0 Å². The molecule has 0 bridgehead atoms. The summed E-state index contributed by atoms with van der Waals surface area (Å²) in [5.41, 5.74) is 5.68. The van der Waals surface area contributed by atoms with Crippen LogP contribution in [0.1, 0.15) is 26.7 Å². The normalized spacial score (nSPS) is 26.9. The Labute approximate surface area is 84.9 Å². The standard InChI is InChI=1S/C11H17N3/c1-8-6-7-9(2)14(8)11-5-3-4-10(12)13-11/h3-5,8-9H,6-7H2,1-2H3,(H2,12,13)/t8-,9-/m0/s1. The van der Waals surface area contributed by atoms with E-state index in [4.69, 9.17) is 5.73 Å². The Hall–Kier alpha value is -1.25. The molecule has 3 heteroatoms. The minimum absolute atomic E-state index is 0.583. The molecule has 14 heavy (non-hydrogen) atoms. The van der Waals surface area contributed by atoms with Crippen molar-refractivity contribution in [2.75, 3.05) is 10.6 Å². The molecule has 0 saturated carbocycles. The summed E-state index contributed by atoms with van der Waals surface area (Å²) < 4.78 is 0. The Morgan fingerprint density at radius 3 is 2.50 bits per heavy atom. The van der Waals surface area contributed by atoms with Gasteiger partial charge < -0.3 is 10.6 Å². The van der Waals surface area contributed by atoms with Crippen LogP contribution in [0.3, 0.4) is 0 Å². The average molecular weight is 191 g/mol. The molecule has 0 unspecified atom stereocenters. The van der Waals surface area contributed by atoms with Gasteiger partial charge in [0.1, 0.15) is 11.6 Å². The third-order valence-corrected chi connectivity index (χ3v) is 2.97. The van der Waals surface area contributed by atoms with E-state index < -0.39 is 0 Å². The molecule has 2 atom stereocenters. The van der Waals surface area contributed by atoms with Gasteiger partial charge in [-0.2, -0.15) is 0 Å². The number of hydrogen-bond acceptors (Lipinski definition) is 3. The number of aromatic nitrogens is 1. The van der Waals surface area contributed by atoms with E-state index in [9.17, 15) is 0 Å². The number of nitrogens with two attached hydrogens (primary N) is 1. The number of pyridine rings is 1. The fraction of sp³-hybridized carbons (Fsp3) is 0.545. The van der Waals surface area contributed by atoms with Gasteiger partial charge in [0.25, 0.3) is 0 Å². The first-order chi connectivity index (χ1) is 6.68. The molecule has 2 rings (SSSR count). The van der Waals surface area contributed by atoms with Crippen LogP contribution in [0.25, 0.3) is 0 Å². The maximum atomic E-state index is 5.68. The van der Waals surface area contributed by atoms with Crippen LogP contribution in [0, 0.1) is 0 Å². The van der Waals surface area contributed by atoms with Crippen LogP contribution in [0.4, 0.5) is 11.6 Å². The number of nitrogens with zero attached hydrogens (tertiary/aromatic N) is 2. The van der Waals surface area contributed by atoms with E-state index in [0.717, 1.165) is 5.82 Å². The molecule has 2 heterocycles. The van der Waals surface area contributed by atoms with Crippen molar-refractivity contribution in [2.24, 2.45) is 0 Å². The van der Waals surface area contributed by atoms with Crippen LogP contribution in [-0.2, 0) is 0 Å². The van der Waals surface area contributed by atoms with Crippen molar-refractivity contribution in [1.29, 1.82) is 0 Å². The molecule has 0 aliphatic carbocycles. The first kappa shape index (κ1) is 9.31. The van der Waals surface area contributed by atoms with Crippen LogP contribution >= 0.6 is 0 Å². The summed E-state index contributed by atoms with van der Waals surface area (Å²) in [6.45, 7) is 4.49. The van der Waals surface area contributed by atoms with Gasteiger partial charge in [-0.25, -0.2) is 4.98 Å². The van der Waals surface area contributed by atoms with Gasteiger partial charge >= 0.3 is 0 Å². The lowest BCUT2D eigenvalue weighted by Gasteiger charge is -2.27. The van der Waals surface area contributed by atoms with Crippen LogP contribution in [0.2, 0.25) is 0 Å². The molecule has 0 amide bonds. The molecule has 2 N–H and O–H groups in total. The van der Waals surface area contributed by atoms with E-state index in [2.05, 4.69) is 23.7 Å². The fourth-order valence-electron chi connectivity index (χ4n) is 2.23. The van der Waals surface area contributed by atoms with Gasteiger partial charge in [-0.05, 0) is 38.8 Å². The van der Waals surface area contributed by atoms with Crippen molar-refractivity contribution >= 4 is 11.6 Å². The maximum Gasteiger partial charge on any atom is 0.131 e. The van der Waals surface area contributed by atoms with Gasteiger partial charge in [0.15, 0.2) is 0 Å². The maximum absolute atomic E-state index is 5.68. The zero-order chi connectivity index (χ0) is 10.1. The Balaban J connectivity index is 2.29. The highest BCUT2D eigenvalue weighted by molar-refractivity contribution is 5.47. The molecule has 0 radical (unpaired) electrons. The van der Waals surface area contributed by atoms with Gasteiger partial charge in [0.05, 0.1) is 0 Å². The SMILES string of the molecule is C[C@H]1CC[C@H](C)N1c1cccc(N)n1. The highest BCUT2D eigenvalue weighted by Crippen LogP contribution is 2.28. The number of nitrogen functional groups attached to an aromatic ring is 1. The van der Waals surface area contributed by atoms with Crippen LogP contribution in [0.15, 0.2) is 18.2 Å². The van der Waals surface area contributed by atoms with E-state index in [1.54, 1.807) is 0 Å². The first-order valence-electron chi connectivity index (χ1n) is 5.19. The minimum Gasteiger partial charge on any atom is -0.384 e. The zero-order valence-electron chi connectivity index (χ0n) is 8.77. The summed E-state index contributed by atoms with van der Waals surface area (Å²) >= 11 is 0. The van der Waals surface area contributed by atoms with Crippen molar-refractivity contribution in [1.82, 2.24) is 4.98 Å². The molecule has 1 aliphatic rings. The number of anilines is 2. The fourth-order valence-corrected chi connectivity index (χ4v) is 2.23. The van der Waals surface area contributed by atoms with Gasteiger partial charge in [-0.3, -0.25) is 0 Å². The molecule has 1 fully saturated rings. The molecule has 0 spiro atoms. The topological polar surface area (TPSA) is 42.1 Å². The average Bonchev–Trinajstić information content (AvgIpc) is 2.46. The molecule has 1 aromatic rings. The zero-order valence-corrected chi connectivity index (χ0v) is 8.77. The third kappa shape index (κ3) is 1.54.